The van der Waals surface area contributed by atoms with E-state index >= 15 is 0 Å². The van der Waals surface area contributed by atoms with E-state index in [2.05, 4.69) is 0 Å². The first-order chi connectivity index (χ1) is 23.9. The number of nitrogens with zero attached hydrogens (tertiary/aromatic N) is 1. The molecule has 0 unspecified atom stereocenters. The number of hydrogen-bond acceptors (Lipinski definition) is 14. The van der Waals surface area contributed by atoms with Crippen LogP contribution in [0.4, 0.5) is 0 Å². The van der Waals surface area contributed by atoms with Crippen LogP contribution in [0.15, 0.2) is 0 Å². The monoisotopic (exact) mass is 747 g/mol. The number of Topliss-reactive ketones (excluding diaryl/α,β-unsaturated/α-hetero) is 1. The average molecular weight is 748 g/mol. The van der Waals surface area contributed by atoms with E-state index < -0.39 is 95.3 Å². The van der Waals surface area contributed by atoms with Crippen LogP contribution in [0.2, 0.25) is 0 Å². The zero-order valence-electron chi connectivity index (χ0n) is 34.0. The van der Waals surface area contributed by atoms with Crippen LogP contribution in [0.5, 0.6) is 0 Å². The van der Waals surface area contributed by atoms with Crippen molar-refractivity contribution in [2.45, 2.75) is 185 Å². The Kier molecular flexibility index (Phi) is 14.9. The number of ether oxygens (including phenoxy) is 7. The summed E-state index contributed by atoms with van der Waals surface area (Å²) in [5, 5.41) is 45.5. The number of ketones is 1. The molecule has 304 valence electrons. The minimum atomic E-state index is -1.96. The fraction of sp³-hybridized carbons (Fsp3) is 0.947. The molecule has 3 saturated heterocycles. The van der Waals surface area contributed by atoms with Crippen molar-refractivity contribution < 1.29 is 63.2 Å². The van der Waals surface area contributed by atoms with E-state index in [0.29, 0.717) is 6.42 Å². The highest BCUT2D eigenvalue weighted by Gasteiger charge is 2.55. The van der Waals surface area contributed by atoms with Crippen molar-refractivity contribution in [3.05, 3.63) is 0 Å². The van der Waals surface area contributed by atoms with Gasteiger partial charge < -0.3 is 58.5 Å². The predicted octanol–water partition coefficient (Wildman–Crippen LogP) is 2.58. The van der Waals surface area contributed by atoms with Crippen LogP contribution in [0, 0.1) is 17.8 Å². The lowest BCUT2D eigenvalue weighted by Gasteiger charge is -2.52. The molecule has 0 bridgehead atoms. The predicted molar refractivity (Wildman–Crippen MR) is 191 cm³/mol. The first-order valence-electron chi connectivity index (χ1n) is 18.8. The molecule has 0 spiro atoms. The van der Waals surface area contributed by atoms with Crippen molar-refractivity contribution >= 4 is 11.8 Å². The number of rotatable bonds is 8. The molecular formula is C38H69NO13. The Labute approximate surface area is 310 Å². The standard InChI is InChI=1S/C38H69NO13/c1-15-26-38(10,45)31(43)22(4)29(41)20(2)17-37(9,47-14)33(51-34-30(42)25(39(11)12)16-21(3)48-34)23(5)35(7,18-27(40)50-26)52-28-19-36(8,46-13)32(44)24(6)49-28/h20-26,28,30-34,42-45H,15-19H2,1-14H3/t20-,21+,22-,23+,24-,25-,26-,28+,30-,31+,32+,33-,34-,35-,36-,37+,38-/m0/s1. The number of esters is 1. The number of cyclic esters (lactones) is 1. The zero-order valence-corrected chi connectivity index (χ0v) is 34.0. The normalized spacial score (nSPS) is 49.0. The highest BCUT2D eigenvalue weighted by Crippen LogP contribution is 2.44. The lowest BCUT2D eigenvalue weighted by atomic mass is 9.72. The maximum Gasteiger partial charge on any atom is 0.309 e. The van der Waals surface area contributed by atoms with Gasteiger partial charge >= 0.3 is 5.97 Å². The number of carbonyl (C=O) groups is 2. The molecular weight excluding hydrogens is 678 g/mol. The second kappa shape index (κ2) is 17.2. The molecule has 0 radical (unpaired) electrons. The number of aliphatic hydroxyl groups excluding tert-OH is 3. The summed E-state index contributed by atoms with van der Waals surface area (Å²) in [5.74, 6) is -3.52. The Morgan fingerprint density at radius 2 is 1.46 bits per heavy atom. The van der Waals surface area contributed by atoms with Crippen LogP contribution in [0.25, 0.3) is 0 Å². The van der Waals surface area contributed by atoms with Crippen molar-refractivity contribution in [1.29, 1.82) is 0 Å². The Morgan fingerprint density at radius 1 is 0.865 bits per heavy atom. The molecule has 3 aliphatic heterocycles. The number of methoxy groups -OCH3 is 2. The maximum atomic E-state index is 14.0. The van der Waals surface area contributed by atoms with Gasteiger partial charge in [0.1, 0.15) is 29.7 Å². The van der Waals surface area contributed by atoms with Crippen molar-refractivity contribution in [3.63, 3.8) is 0 Å². The van der Waals surface area contributed by atoms with Gasteiger partial charge in [0.05, 0.1) is 47.6 Å². The van der Waals surface area contributed by atoms with Gasteiger partial charge in [-0.05, 0) is 74.9 Å². The summed E-state index contributed by atoms with van der Waals surface area (Å²) in [7, 11) is 6.76. The third kappa shape index (κ3) is 9.38. The van der Waals surface area contributed by atoms with Gasteiger partial charge in [-0.3, -0.25) is 9.59 Å². The highest BCUT2D eigenvalue weighted by atomic mass is 16.7. The minimum Gasteiger partial charge on any atom is -0.459 e. The molecule has 14 nitrogen and oxygen atoms in total. The van der Waals surface area contributed by atoms with Crippen LogP contribution < -0.4 is 0 Å². The summed E-state index contributed by atoms with van der Waals surface area (Å²) in [6.07, 6.45) is -8.14. The quantitative estimate of drug-likeness (QED) is 0.266. The van der Waals surface area contributed by atoms with Gasteiger partial charge in [-0.15, -0.1) is 0 Å². The first kappa shape index (κ1) is 45.1. The van der Waals surface area contributed by atoms with Gasteiger partial charge in [-0.1, -0.05) is 27.7 Å². The van der Waals surface area contributed by atoms with Gasteiger partial charge in [0.25, 0.3) is 0 Å². The molecule has 3 fully saturated rings. The summed E-state index contributed by atoms with van der Waals surface area (Å²) in [4.78, 5) is 30.0. The lowest BCUT2D eigenvalue weighted by molar-refractivity contribution is -0.331. The number of hydrogen-bond donors (Lipinski definition) is 4. The number of carbonyl (C=O) groups excluding carboxylic acids is 2. The van der Waals surface area contributed by atoms with Crippen LogP contribution in [0.3, 0.4) is 0 Å². The molecule has 3 heterocycles. The first-order valence-corrected chi connectivity index (χ1v) is 18.8. The number of aliphatic hydroxyl groups is 4. The Bertz CT molecular complexity index is 1200. The van der Waals surface area contributed by atoms with E-state index in [-0.39, 0.29) is 43.6 Å². The third-order valence-electron chi connectivity index (χ3n) is 12.4. The summed E-state index contributed by atoms with van der Waals surface area (Å²) in [6.45, 7) is 17.1. The Hall–Kier alpha value is -1.30. The smallest absolute Gasteiger partial charge is 0.309 e. The summed E-state index contributed by atoms with van der Waals surface area (Å²) >= 11 is 0. The van der Waals surface area contributed by atoms with Crippen molar-refractivity contribution in [3.8, 4) is 0 Å². The average Bonchev–Trinajstić information content (AvgIpc) is 3.07. The summed E-state index contributed by atoms with van der Waals surface area (Å²) in [5.41, 5.74) is -5.72. The highest BCUT2D eigenvalue weighted by molar-refractivity contribution is 5.83. The zero-order chi connectivity index (χ0) is 39.7. The summed E-state index contributed by atoms with van der Waals surface area (Å²) < 4.78 is 44.0. The fourth-order valence-electron chi connectivity index (χ4n) is 8.53. The molecule has 17 atom stereocenters. The second-order valence-electron chi connectivity index (χ2n) is 16.8. The van der Waals surface area contributed by atoms with Crippen molar-refractivity contribution in [2.75, 3.05) is 28.3 Å². The van der Waals surface area contributed by atoms with E-state index in [1.165, 1.54) is 21.1 Å². The van der Waals surface area contributed by atoms with Gasteiger partial charge in [0.2, 0.25) is 0 Å². The molecule has 3 aliphatic rings. The van der Waals surface area contributed by atoms with Gasteiger partial charge in [0, 0.05) is 44.4 Å². The van der Waals surface area contributed by atoms with Gasteiger partial charge in [0.15, 0.2) is 12.6 Å². The lowest BCUT2D eigenvalue weighted by Crippen LogP contribution is -2.62. The van der Waals surface area contributed by atoms with Gasteiger partial charge in [-0.2, -0.15) is 0 Å². The molecule has 0 aliphatic carbocycles. The van der Waals surface area contributed by atoms with Crippen LogP contribution in [-0.4, -0.2) is 149 Å². The van der Waals surface area contributed by atoms with E-state index in [4.69, 9.17) is 33.2 Å². The Morgan fingerprint density at radius 3 is 2.00 bits per heavy atom. The molecule has 0 aromatic heterocycles. The second-order valence-corrected chi connectivity index (χ2v) is 16.8. The van der Waals surface area contributed by atoms with Crippen molar-refractivity contribution in [1.82, 2.24) is 4.90 Å². The van der Waals surface area contributed by atoms with E-state index in [0.717, 1.165) is 0 Å². The molecule has 14 heteroatoms. The largest absolute Gasteiger partial charge is 0.459 e. The molecule has 4 N–H and O–H groups in total. The topological polar surface area (TPSA) is 183 Å². The van der Waals surface area contributed by atoms with Crippen LogP contribution in [0.1, 0.15) is 101 Å². The molecule has 3 rings (SSSR count). The fourth-order valence-corrected chi connectivity index (χ4v) is 8.53. The number of likely N-dealkylation sites (N-methyl/N-ethyl adjacent to an activating group) is 1. The van der Waals surface area contributed by atoms with Crippen molar-refractivity contribution in [2.24, 2.45) is 17.8 Å². The minimum absolute atomic E-state index is 0.106. The molecule has 0 amide bonds. The van der Waals surface area contributed by atoms with E-state index in [1.807, 2.05) is 32.8 Å². The molecule has 0 aromatic rings. The van der Waals surface area contributed by atoms with Crippen LogP contribution >= 0.6 is 0 Å². The Balaban J connectivity index is 2.23. The molecule has 52 heavy (non-hydrogen) atoms. The summed E-state index contributed by atoms with van der Waals surface area (Å²) in [6, 6.07) is -0.286. The van der Waals surface area contributed by atoms with Gasteiger partial charge in [-0.25, -0.2) is 0 Å². The van der Waals surface area contributed by atoms with Crippen LogP contribution in [-0.2, 0) is 42.7 Å². The molecule has 0 aromatic carbocycles. The van der Waals surface area contributed by atoms with E-state index in [1.54, 1.807) is 48.5 Å². The molecule has 0 saturated carbocycles. The maximum absolute atomic E-state index is 14.0. The SMILES string of the molecule is CC[C@@H]1OC(=O)C[C@](C)(O[C@@H]2C[C@](C)(OC)[C@H](O)[C@H](C)O2)[C@H](C)[C@H](O[C@@H]2O[C@H](C)C[C@H](N(C)C)[C@@H]2O)[C@](C)(OC)C[C@H](C)C(=O)[C@H](C)[C@@H](O)[C@@]1(C)O. The third-order valence-corrected chi connectivity index (χ3v) is 12.4. The van der Waals surface area contributed by atoms with E-state index in [9.17, 15) is 30.0 Å².